The molecule has 0 radical (unpaired) electrons. The third kappa shape index (κ3) is 5.48. The normalized spacial score (nSPS) is 18.8. The molecule has 0 nitrogen and oxygen atoms in total. The molecule has 0 atom stereocenters. The Labute approximate surface area is 97.4 Å². The maximum atomic E-state index is 2.32. The summed E-state index contributed by atoms with van der Waals surface area (Å²) in [4.78, 5) is 0. The molecule has 0 aromatic rings. The summed E-state index contributed by atoms with van der Waals surface area (Å²) in [7, 11) is 0. The fourth-order valence-electron chi connectivity index (χ4n) is 1.58. The van der Waals surface area contributed by atoms with Gasteiger partial charge in [0.2, 0.25) is 0 Å². The van der Waals surface area contributed by atoms with Crippen LogP contribution in [-0.4, -0.2) is 23.1 Å². The molecule has 1 aliphatic rings. The Balaban J connectivity index is 0. The largest absolute Gasteiger partial charge is 2.00 e. The maximum absolute atomic E-state index is 2.32. The Morgan fingerprint density at radius 2 is 1.45 bits per heavy atom. The van der Waals surface area contributed by atoms with Crippen LogP contribution in [-0.2, 0) is 0 Å². The monoisotopic (exact) mass is 228 g/mol. The number of halogens is 1. The Bertz CT molecular complexity index is 77.6. The molecule has 0 unspecified atom stereocenters. The van der Waals surface area contributed by atoms with Gasteiger partial charge in [-0.25, -0.2) is 0 Å². The molecule has 0 aromatic carbocycles. The van der Waals surface area contributed by atoms with Gasteiger partial charge < -0.3 is 22.9 Å². The van der Waals surface area contributed by atoms with Crippen molar-refractivity contribution in [1.29, 1.82) is 0 Å². The number of rotatable bonds is 1. The van der Waals surface area contributed by atoms with Crippen molar-refractivity contribution in [3.63, 3.8) is 0 Å². The SMILES string of the molecule is CC(C)[C-]1CCCCC1.[Br-].[Mg+2]. The topological polar surface area (TPSA) is 0 Å². The summed E-state index contributed by atoms with van der Waals surface area (Å²) in [5.41, 5.74) is 0. The minimum atomic E-state index is 0. The van der Waals surface area contributed by atoms with Gasteiger partial charge in [0.25, 0.3) is 0 Å². The van der Waals surface area contributed by atoms with Crippen LogP contribution >= 0.6 is 0 Å². The predicted molar refractivity (Wildman–Crippen MR) is 46.9 cm³/mol. The average molecular weight is 229 g/mol. The van der Waals surface area contributed by atoms with E-state index in [1.807, 2.05) is 0 Å². The second-order valence-electron chi connectivity index (χ2n) is 3.37. The Kier molecular flexibility index (Phi) is 10.6. The van der Waals surface area contributed by atoms with Gasteiger partial charge >= 0.3 is 23.1 Å². The smallest absolute Gasteiger partial charge is 1.00 e. The maximum Gasteiger partial charge on any atom is 2.00 e. The van der Waals surface area contributed by atoms with E-state index < -0.39 is 0 Å². The predicted octanol–water partition coefficient (Wildman–Crippen LogP) is -0.196. The Hall–Kier alpha value is 1.25. The van der Waals surface area contributed by atoms with Crippen LogP contribution in [0.2, 0.25) is 0 Å². The van der Waals surface area contributed by atoms with Crippen LogP contribution in [0.5, 0.6) is 0 Å². The molecule has 0 N–H and O–H groups in total. The van der Waals surface area contributed by atoms with E-state index in [1.54, 1.807) is 5.92 Å². The first-order valence-electron chi connectivity index (χ1n) is 4.15. The quantitative estimate of drug-likeness (QED) is 0.432. The van der Waals surface area contributed by atoms with E-state index in [-0.39, 0.29) is 40.0 Å². The van der Waals surface area contributed by atoms with E-state index in [4.69, 9.17) is 0 Å². The molecule has 0 amide bonds. The summed E-state index contributed by atoms with van der Waals surface area (Å²) in [6.45, 7) is 4.64. The van der Waals surface area contributed by atoms with Gasteiger partial charge in [0.1, 0.15) is 0 Å². The molecule has 0 spiro atoms. The summed E-state index contributed by atoms with van der Waals surface area (Å²) in [5, 5.41) is 0. The van der Waals surface area contributed by atoms with E-state index in [2.05, 4.69) is 13.8 Å². The third-order valence-electron chi connectivity index (χ3n) is 2.31. The van der Waals surface area contributed by atoms with Gasteiger partial charge in [-0.05, 0) is 0 Å². The van der Waals surface area contributed by atoms with Crippen LogP contribution < -0.4 is 17.0 Å². The molecule has 1 saturated carbocycles. The van der Waals surface area contributed by atoms with Crippen molar-refractivity contribution in [1.82, 2.24) is 0 Å². The van der Waals surface area contributed by atoms with Crippen molar-refractivity contribution in [2.45, 2.75) is 46.0 Å². The fourth-order valence-corrected chi connectivity index (χ4v) is 1.58. The van der Waals surface area contributed by atoms with Crippen molar-refractivity contribution in [2.24, 2.45) is 5.92 Å². The summed E-state index contributed by atoms with van der Waals surface area (Å²) >= 11 is 0. The zero-order valence-electron chi connectivity index (χ0n) is 7.70. The third-order valence-corrected chi connectivity index (χ3v) is 2.31. The first-order chi connectivity index (χ1) is 4.30. The molecule has 62 valence electrons. The van der Waals surface area contributed by atoms with Crippen molar-refractivity contribution in [3.05, 3.63) is 5.92 Å². The Morgan fingerprint density at radius 3 is 1.73 bits per heavy atom. The summed E-state index contributed by atoms with van der Waals surface area (Å²) < 4.78 is 0. The minimum Gasteiger partial charge on any atom is -1.00 e. The molecule has 0 aromatic heterocycles. The van der Waals surface area contributed by atoms with Crippen LogP contribution in [0.1, 0.15) is 46.0 Å². The van der Waals surface area contributed by atoms with Gasteiger partial charge in [-0.3, -0.25) is 0 Å². The molecule has 0 saturated heterocycles. The van der Waals surface area contributed by atoms with Gasteiger partial charge in [0, 0.05) is 0 Å². The second kappa shape index (κ2) is 7.87. The Morgan fingerprint density at radius 1 is 1.00 bits per heavy atom. The molecule has 1 fully saturated rings. The van der Waals surface area contributed by atoms with Gasteiger partial charge in [0.05, 0.1) is 0 Å². The van der Waals surface area contributed by atoms with Crippen molar-refractivity contribution < 1.29 is 17.0 Å². The van der Waals surface area contributed by atoms with Gasteiger partial charge in [-0.2, -0.15) is 18.8 Å². The van der Waals surface area contributed by atoms with Crippen LogP contribution in [0, 0.1) is 11.8 Å². The molecule has 1 aliphatic carbocycles. The number of hydrogen-bond donors (Lipinski definition) is 0. The molecule has 11 heavy (non-hydrogen) atoms. The van der Waals surface area contributed by atoms with Gasteiger partial charge in [0.15, 0.2) is 0 Å². The van der Waals surface area contributed by atoms with Gasteiger partial charge in [-0.1, -0.05) is 33.1 Å². The first kappa shape index (κ1) is 14.8. The summed E-state index contributed by atoms with van der Waals surface area (Å²) in [6, 6.07) is 0. The second-order valence-corrected chi connectivity index (χ2v) is 3.37. The van der Waals surface area contributed by atoms with E-state index >= 15 is 0 Å². The standard InChI is InChI=1S/C9H17.BrH.Mg/c1-8(2)9-6-4-3-5-7-9;;/h8H,3-7H2,1-2H3;1H;/q-1;;+2/p-1. The van der Waals surface area contributed by atoms with Crippen molar-refractivity contribution in [3.8, 4) is 0 Å². The summed E-state index contributed by atoms with van der Waals surface area (Å²) in [6.07, 6.45) is 7.20. The van der Waals surface area contributed by atoms with Crippen LogP contribution in [0.25, 0.3) is 0 Å². The van der Waals surface area contributed by atoms with E-state index in [9.17, 15) is 0 Å². The average Bonchev–Trinajstić information content (AvgIpc) is 1.90. The summed E-state index contributed by atoms with van der Waals surface area (Å²) in [5.74, 6) is 2.66. The van der Waals surface area contributed by atoms with E-state index in [0.717, 1.165) is 5.92 Å². The minimum absolute atomic E-state index is 0. The van der Waals surface area contributed by atoms with Crippen molar-refractivity contribution in [2.75, 3.05) is 0 Å². The van der Waals surface area contributed by atoms with E-state index in [1.165, 1.54) is 32.1 Å². The molecule has 2 heteroatoms. The molecule has 1 rings (SSSR count). The van der Waals surface area contributed by atoms with Crippen LogP contribution in [0.15, 0.2) is 0 Å². The zero-order chi connectivity index (χ0) is 6.69. The number of hydrogen-bond acceptors (Lipinski definition) is 0. The first-order valence-corrected chi connectivity index (χ1v) is 4.15. The van der Waals surface area contributed by atoms with E-state index in [0.29, 0.717) is 0 Å². The van der Waals surface area contributed by atoms with Crippen molar-refractivity contribution >= 4 is 23.1 Å². The molecule has 0 heterocycles. The van der Waals surface area contributed by atoms with Crippen LogP contribution in [0.4, 0.5) is 0 Å². The zero-order valence-corrected chi connectivity index (χ0v) is 10.7. The van der Waals surface area contributed by atoms with Gasteiger partial charge in [-0.15, -0.1) is 0 Å². The molecular weight excluding hydrogens is 212 g/mol. The molecular formula is C9H17BrMg. The molecule has 0 bridgehead atoms. The molecule has 0 aliphatic heterocycles. The van der Waals surface area contributed by atoms with Crippen LogP contribution in [0.3, 0.4) is 0 Å². The fraction of sp³-hybridized carbons (Fsp3) is 0.889.